The molecule has 0 amide bonds. The number of aryl methyl sites for hydroxylation is 1. The highest BCUT2D eigenvalue weighted by molar-refractivity contribution is 5.79. The smallest absolute Gasteiger partial charge is 0.319 e. The summed E-state index contributed by atoms with van der Waals surface area (Å²) in [6, 6.07) is 5.93. The van der Waals surface area contributed by atoms with Crippen molar-refractivity contribution in [2.24, 2.45) is 4.99 Å². The minimum atomic E-state index is -2.63. The summed E-state index contributed by atoms with van der Waals surface area (Å²) in [6.45, 7) is 0.912. The fourth-order valence-corrected chi connectivity index (χ4v) is 2.40. The Balaban J connectivity index is 1.94. The van der Waals surface area contributed by atoms with Crippen LogP contribution in [0.25, 0.3) is 0 Å². The molecule has 0 atom stereocenters. The van der Waals surface area contributed by atoms with E-state index < -0.39 is 6.55 Å². The Labute approximate surface area is 157 Å². The number of nitrogens with zero attached hydrogens (tertiary/aromatic N) is 3. The predicted molar refractivity (Wildman–Crippen MR) is 99.1 cm³/mol. The van der Waals surface area contributed by atoms with Gasteiger partial charge in [0.25, 0.3) is 0 Å². The summed E-state index contributed by atoms with van der Waals surface area (Å²) in [5.41, 5.74) is 2.04. The van der Waals surface area contributed by atoms with Crippen LogP contribution in [0, 0.1) is 6.92 Å². The van der Waals surface area contributed by atoms with E-state index >= 15 is 0 Å². The van der Waals surface area contributed by atoms with Gasteiger partial charge in [0, 0.05) is 38.7 Å². The van der Waals surface area contributed by atoms with Gasteiger partial charge in [0.05, 0.1) is 13.2 Å². The van der Waals surface area contributed by atoms with Crippen molar-refractivity contribution in [3.8, 4) is 5.75 Å². The van der Waals surface area contributed by atoms with Crippen LogP contribution >= 0.6 is 0 Å². The first kappa shape index (κ1) is 20.6. The largest absolute Gasteiger partial charge is 0.491 e. The normalized spacial score (nSPS) is 11.7. The second-order valence-electron chi connectivity index (χ2n) is 5.76. The van der Waals surface area contributed by atoms with Gasteiger partial charge in [0.15, 0.2) is 5.96 Å². The second-order valence-corrected chi connectivity index (χ2v) is 5.76. The molecule has 2 rings (SSSR count). The molecule has 2 aromatic rings. The number of benzene rings is 1. The van der Waals surface area contributed by atoms with Gasteiger partial charge in [-0.25, -0.2) is 4.98 Å². The molecule has 1 heterocycles. The topological polar surface area (TPSA) is 72.7 Å². The van der Waals surface area contributed by atoms with E-state index in [0.717, 1.165) is 21.4 Å². The van der Waals surface area contributed by atoms with E-state index in [2.05, 4.69) is 20.6 Å². The second kappa shape index (κ2) is 10.5. The van der Waals surface area contributed by atoms with Crippen molar-refractivity contribution in [1.82, 2.24) is 20.2 Å². The molecule has 0 fully saturated rings. The van der Waals surface area contributed by atoms with Gasteiger partial charge in [0.1, 0.15) is 18.2 Å². The van der Waals surface area contributed by atoms with Crippen molar-refractivity contribution in [2.45, 2.75) is 26.6 Å². The summed E-state index contributed by atoms with van der Waals surface area (Å²) in [7, 11) is 3.23. The van der Waals surface area contributed by atoms with Gasteiger partial charge in [-0.15, -0.1) is 0 Å². The Hall–Kier alpha value is -2.68. The van der Waals surface area contributed by atoms with Crippen LogP contribution in [0.4, 0.5) is 8.78 Å². The molecule has 7 nitrogen and oxygen atoms in total. The average Bonchev–Trinajstić information content (AvgIpc) is 3.12. The quantitative estimate of drug-likeness (QED) is 0.397. The number of hydrogen-bond donors (Lipinski definition) is 2. The molecular formula is C18H25F2N5O2. The Morgan fingerprint density at radius 2 is 2.04 bits per heavy atom. The maximum atomic E-state index is 12.9. The molecule has 0 unspecified atom stereocenters. The van der Waals surface area contributed by atoms with E-state index in [9.17, 15) is 8.78 Å². The van der Waals surface area contributed by atoms with E-state index in [0.29, 0.717) is 25.7 Å². The van der Waals surface area contributed by atoms with E-state index in [4.69, 9.17) is 9.47 Å². The van der Waals surface area contributed by atoms with Crippen LogP contribution in [0.3, 0.4) is 0 Å². The number of nitrogens with one attached hydrogen (secondary N) is 2. The van der Waals surface area contributed by atoms with Crippen LogP contribution in [-0.4, -0.2) is 42.9 Å². The summed E-state index contributed by atoms with van der Waals surface area (Å²) >= 11 is 0. The number of aromatic nitrogens is 2. The zero-order chi connectivity index (χ0) is 19.6. The van der Waals surface area contributed by atoms with Gasteiger partial charge in [-0.2, -0.15) is 8.78 Å². The maximum absolute atomic E-state index is 12.9. The van der Waals surface area contributed by atoms with Crippen molar-refractivity contribution in [2.75, 3.05) is 27.4 Å². The highest BCUT2D eigenvalue weighted by Gasteiger charge is 2.12. The minimum Gasteiger partial charge on any atom is -0.491 e. The lowest BCUT2D eigenvalue weighted by molar-refractivity contribution is 0.0668. The molecule has 148 valence electrons. The molecule has 0 aliphatic rings. The molecule has 0 saturated heterocycles. The van der Waals surface area contributed by atoms with Crippen LogP contribution in [0.15, 0.2) is 35.6 Å². The minimum absolute atomic E-state index is 0.127. The van der Waals surface area contributed by atoms with Gasteiger partial charge in [-0.3, -0.25) is 9.56 Å². The van der Waals surface area contributed by atoms with E-state index in [1.165, 1.54) is 12.4 Å². The average molecular weight is 381 g/mol. The molecule has 2 N–H and O–H groups in total. The third-order valence-corrected chi connectivity index (χ3v) is 3.81. The van der Waals surface area contributed by atoms with Gasteiger partial charge >= 0.3 is 6.55 Å². The molecule has 9 heteroatoms. The van der Waals surface area contributed by atoms with Crippen LogP contribution < -0.4 is 15.4 Å². The molecule has 1 aromatic carbocycles. The van der Waals surface area contributed by atoms with Gasteiger partial charge in [-0.05, 0) is 18.6 Å². The monoisotopic (exact) mass is 381 g/mol. The van der Waals surface area contributed by atoms with Crippen molar-refractivity contribution in [3.63, 3.8) is 0 Å². The summed E-state index contributed by atoms with van der Waals surface area (Å²) in [5, 5.41) is 6.13. The molecule has 0 bridgehead atoms. The summed E-state index contributed by atoms with van der Waals surface area (Å²) < 4.78 is 37.3. The van der Waals surface area contributed by atoms with E-state index in [1.807, 2.05) is 25.1 Å². The third kappa shape index (κ3) is 6.21. The Morgan fingerprint density at radius 3 is 2.74 bits per heavy atom. The third-order valence-electron chi connectivity index (χ3n) is 3.81. The van der Waals surface area contributed by atoms with Crippen molar-refractivity contribution < 1.29 is 18.3 Å². The number of methoxy groups -OCH3 is 1. The van der Waals surface area contributed by atoms with Gasteiger partial charge in [0.2, 0.25) is 0 Å². The standard InChI is InChI=1S/C18H25F2N5O2/c1-13-4-5-14(15(10-13)27-9-8-26-3)11-23-18(21-2)24-12-16-22-6-7-25(16)17(19)20/h4-7,10,17H,8-9,11-12H2,1-3H3,(H2,21,23,24). The first-order valence-electron chi connectivity index (χ1n) is 8.50. The fraction of sp³-hybridized carbons (Fsp3) is 0.444. The number of alkyl halides is 2. The molecule has 0 aliphatic heterocycles. The molecule has 27 heavy (non-hydrogen) atoms. The SMILES string of the molecule is CN=C(NCc1ccc(C)cc1OCCOC)NCc1nccn1C(F)F. The zero-order valence-corrected chi connectivity index (χ0v) is 15.7. The molecule has 0 saturated carbocycles. The molecule has 1 aromatic heterocycles. The Morgan fingerprint density at radius 1 is 1.26 bits per heavy atom. The van der Waals surface area contributed by atoms with Crippen LogP contribution in [0.2, 0.25) is 0 Å². The predicted octanol–water partition coefficient (Wildman–Crippen LogP) is 2.48. The Kier molecular flexibility index (Phi) is 8.00. The lowest BCUT2D eigenvalue weighted by atomic mass is 10.1. The van der Waals surface area contributed by atoms with Crippen molar-refractivity contribution in [1.29, 1.82) is 0 Å². The lowest BCUT2D eigenvalue weighted by Crippen LogP contribution is -2.37. The number of hydrogen-bond acceptors (Lipinski definition) is 4. The van der Waals surface area contributed by atoms with Gasteiger partial charge < -0.3 is 20.1 Å². The summed E-state index contributed by atoms with van der Waals surface area (Å²) in [6.07, 6.45) is 2.59. The zero-order valence-electron chi connectivity index (χ0n) is 15.7. The number of guanidine groups is 1. The number of aliphatic imine (C=N–C) groups is 1. The molecular weight excluding hydrogens is 356 g/mol. The first-order chi connectivity index (χ1) is 13.0. The number of ether oxygens (including phenoxy) is 2. The van der Waals surface area contributed by atoms with Crippen molar-refractivity contribution in [3.05, 3.63) is 47.5 Å². The Bertz CT molecular complexity index is 749. The maximum Gasteiger partial charge on any atom is 0.319 e. The summed E-state index contributed by atoms with van der Waals surface area (Å²) in [5.74, 6) is 1.47. The number of rotatable bonds is 9. The fourth-order valence-electron chi connectivity index (χ4n) is 2.40. The van der Waals surface area contributed by atoms with Crippen LogP contribution in [-0.2, 0) is 17.8 Å². The molecule has 0 spiro atoms. The summed E-state index contributed by atoms with van der Waals surface area (Å²) in [4.78, 5) is 8.04. The van der Waals surface area contributed by atoms with Gasteiger partial charge in [-0.1, -0.05) is 12.1 Å². The first-order valence-corrected chi connectivity index (χ1v) is 8.50. The number of imidazole rings is 1. The molecule has 0 radical (unpaired) electrons. The lowest BCUT2D eigenvalue weighted by Gasteiger charge is -2.15. The highest BCUT2D eigenvalue weighted by Crippen LogP contribution is 2.20. The van der Waals surface area contributed by atoms with E-state index in [1.54, 1.807) is 14.2 Å². The highest BCUT2D eigenvalue weighted by atomic mass is 19.3. The van der Waals surface area contributed by atoms with Crippen LogP contribution in [0.1, 0.15) is 23.5 Å². The van der Waals surface area contributed by atoms with Crippen molar-refractivity contribution >= 4 is 5.96 Å². The number of halogens is 2. The van der Waals surface area contributed by atoms with Crippen LogP contribution in [0.5, 0.6) is 5.75 Å². The van der Waals surface area contributed by atoms with E-state index in [-0.39, 0.29) is 12.4 Å². The molecule has 0 aliphatic carbocycles.